The fourth-order valence-corrected chi connectivity index (χ4v) is 1.14. The molecule has 0 aliphatic heterocycles. The molecule has 0 aromatic heterocycles. The topological polar surface area (TPSA) is 96.9 Å². The fourth-order valence-electron chi connectivity index (χ4n) is 1.14. The molecule has 0 radical (unpaired) electrons. The molecule has 1 aromatic carbocycles. The van der Waals surface area contributed by atoms with Crippen molar-refractivity contribution in [3.05, 3.63) is 23.8 Å². The van der Waals surface area contributed by atoms with Crippen LogP contribution < -0.4 is 15.9 Å². The molecule has 0 spiro atoms. The van der Waals surface area contributed by atoms with Gasteiger partial charge in [-0.1, -0.05) is 0 Å². The minimum atomic E-state index is -0.757. The molecule has 1 rings (SSSR count). The van der Waals surface area contributed by atoms with Gasteiger partial charge >= 0.3 is 6.03 Å². The summed E-state index contributed by atoms with van der Waals surface area (Å²) >= 11 is 0. The Balaban J connectivity index is 2.95. The van der Waals surface area contributed by atoms with Gasteiger partial charge in [0.25, 0.3) is 0 Å². The lowest BCUT2D eigenvalue weighted by Crippen LogP contribution is -2.25. The van der Waals surface area contributed by atoms with Crippen LogP contribution in [0.4, 0.5) is 4.79 Å². The van der Waals surface area contributed by atoms with Crippen LogP contribution in [0, 0.1) is 0 Å². The third-order valence-corrected chi connectivity index (χ3v) is 1.93. The van der Waals surface area contributed by atoms with Gasteiger partial charge < -0.3 is 15.6 Å². The molecule has 0 saturated heterocycles. The van der Waals surface area contributed by atoms with E-state index in [2.05, 4.69) is 10.5 Å². The molecule has 6 heteroatoms. The number of benzene rings is 1. The third-order valence-electron chi connectivity index (χ3n) is 1.93. The number of amides is 2. The second-order valence-electron chi connectivity index (χ2n) is 3.06. The molecule has 0 aliphatic carbocycles. The molecule has 86 valence electrons. The molecule has 1 aromatic rings. The molecule has 0 bridgehead atoms. The fraction of sp³-hybridized carbons (Fsp3) is 0.200. The Labute approximate surface area is 92.7 Å². The van der Waals surface area contributed by atoms with E-state index < -0.39 is 6.03 Å². The number of methoxy groups -OCH3 is 1. The highest BCUT2D eigenvalue weighted by molar-refractivity contribution is 6.01. The predicted molar refractivity (Wildman–Crippen MR) is 59.6 cm³/mol. The van der Waals surface area contributed by atoms with Crippen LogP contribution in [0.25, 0.3) is 0 Å². The van der Waals surface area contributed by atoms with Crippen LogP contribution in [-0.2, 0) is 0 Å². The number of hydrazone groups is 1. The van der Waals surface area contributed by atoms with Crippen LogP contribution in [0.1, 0.15) is 12.5 Å². The average molecular weight is 223 g/mol. The van der Waals surface area contributed by atoms with Crippen LogP contribution in [0.5, 0.6) is 11.5 Å². The lowest BCUT2D eigenvalue weighted by atomic mass is 10.1. The standard InChI is InChI=1S/C10H13N3O3/c1-6(12-13-10(11)15)8-4-3-7(16-2)5-9(8)14/h3-5,14H,1-2H3,(H3,11,13,15)/b12-6-. The number of nitrogens with zero attached hydrogens (tertiary/aromatic N) is 1. The smallest absolute Gasteiger partial charge is 0.332 e. The largest absolute Gasteiger partial charge is 0.507 e. The first-order valence-corrected chi connectivity index (χ1v) is 4.51. The van der Waals surface area contributed by atoms with Crippen molar-refractivity contribution in [1.82, 2.24) is 5.43 Å². The maximum Gasteiger partial charge on any atom is 0.332 e. The predicted octanol–water partition coefficient (Wildman–Crippen LogP) is 0.793. The van der Waals surface area contributed by atoms with E-state index in [0.717, 1.165) is 0 Å². The Bertz CT molecular complexity index is 429. The lowest BCUT2D eigenvalue weighted by molar-refractivity contribution is 0.249. The Kier molecular flexibility index (Phi) is 3.71. The Morgan fingerprint density at radius 2 is 2.25 bits per heavy atom. The van der Waals surface area contributed by atoms with Gasteiger partial charge in [0, 0.05) is 11.6 Å². The van der Waals surface area contributed by atoms with E-state index in [1.807, 2.05) is 0 Å². The van der Waals surface area contributed by atoms with Gasteiger partial charge in [0.1, 0.15) is 11.5 Å². The third kappa shape index (κ3) is 2.88. The summed E-state index contributed by atoms with van der Waals surface area (Å²) in [7, 11) is 1.50. The minimum Gasteiger partial charge on any atom is -0.507 e. The molecular weight excluding hydrogens is 210 g/mol. The number of nitrogens with one attached hydrogen (secondary N) is 1. The van der Waals surface area contributed by atoms with E-state index in [9.17, 15) is 9.90 Å². The number of hydrogen-bond donors (Lipinski definition) is 3. The quantitative estimate of drug-likeness (QED) is 0.522. The number of phenols is 1. The van der Waals surface area contributed by atoms with Crippen molar-refractivity contribution >= 4 is 11.7 Å². The SMILES string of the molecule is COc1ccc(/C(C)=N\NC(N)=O)c(O)c1. The molecular formula is C10H13N3O3. The zero-order valence-electron chi connectivity index (χ0n) is 9.02. The van der Waals surface area contributed by atoms with Crippen molar-refractivity contribution in [2.45, 2.75) is 6.92 Å². The van der Waals surface area contributed by atoms with Crippen molar-refractivity contribution < 1.29 is 14.6 Å². The Hall–Kier alpha value is -2.24. The number of hydrogen-bond acceptors (Lipinski definition) is 4. The van der Waals surface area contributed by atoms with Crippen LogP contribution >= 0.6 is 0 Å². The summed E-state index contributed by atoms with van der Waals surface area (Å²) in [5.74, 6) is 0.559. The first kappa shape index (κ1) is 11.8. The number of ether oxygens (including phenoxy) is 1. The first-order valence-electron chi connectivity index (χ1n) is 4.51. The van der Waals surface area contributed by atoms with Crippen molar-refractivity contribution in [3.8, 4) is 11.5 Å². The molecule has 0 atom stereocenters. The number of carbonyl (C=O) groups excluding carboxylic acids is 1. The monoisotopic (exact) mass is 223 g/mol. The summed E-state index contributed by atoms with van der Waals surface area (Å²) in [5.41, 5.74) is 7.89. The summed E-state index contributed by atoms with van der Waals surface area (Å²) in [4.78, 5) is 10.4. The normalized spacial score (nSPS) is 11.0. The second-order valence-corrected chi connectivity index (χ2v) is 3.06. The molecule has 6 nitrogen and oxygen atoms in total. The average Bonchev–Trinajstić information content (AvgIpc) is 2.25. The van der Waals surface area contributed by atoms with Crippen molar-refractivity contribution in [1.29, 1.82) is 0 Å². The lowest BCUT2D eigenvalue weighted by Gasteiger charge is -2.06. The molecule has 2 amide bonds. The summed E-state index contributed by atoms with van der Waals surface area (Å²) in [6.45, 7) is 1.64. The maximum atomic E-state index is 10.4. The molecule has 0 aliphatic rings. The number of primary amides is 1. The summed E-state index contributed by atoms with van der Waals surface area (Å²) < 4.78 is 4.94. The second kappa shape index (κ2) is 5.01. The van der Waals surface area contributed by atoms with Gasteiger partial charge in [0.05, 0.1) is 12.8 Å². The first-order chi connectivity index (χ1) is 7.54. The minimum absolute atomic E-state index is 0.0203. The molecule has 16 heavy (non-hydrogen) atoms. The molecule has 0 unspecified atom stereocenters. The van der Waals surface area contributed by atoms with Gasteiger partial charge in [-0.15, -0.1) is 0 Å². The van der Waals surface area contributed by atoms with Gasteiger partial charge in [0.2, 0.25) is 0 Å². The molecule has 0 fully saturated rings. The van der Waals surface area contributed by atoms with Crippen LogP contribution in [0.15, 0.2) is 23.3 Å². The van der Waals surface area contributed by atoms with Crippen molar-refractivity contribution in [2.75, 3.05) is 7.11 Å². The van der Waals surface area contributed by atoms with Crippen LogP contribution in [-0.4, -0.2) is 24.0 Å². The maximum absolute atomic E-state index is 10.4. The molecule has 4 N–H and O–H groups in total. The van der Waals surface area contributed by atoms with E-state index in [0.29, 0.717) is 17.0 Å². The van der Waals surface area contributed by atoms with Crippen molar-refractivity contribution in [2.24, 2.45) is 10.8 Å². The van der Waals surface area contributed by atoms with Crippen molar-refractivity contribution in [3.63, 3.8) is 0 Å². The Morgan fingerprint density at radius 1 is 1.56 bits per heavy atom. The van der Waals surface area contributed by atoms with E-state index >= 15 is 0 Å². The molecule has 0 heterocycles. The number of rotatable bonds is 3. The van der Waals surface area contributed by atoms with Gasteiger partial charge in [-0.25, -0.2) is 10.2 Å². The van der Waals surface area contributed by atoms with Gasteiger partial charge in [-0.2, -0.15) is 5.10 Å². The van der Waals surface area contributed by atoms with Gasteiger partial charge in [0.15, 0.2) is 0 Å². The number of aromatic hydroxyl groups is 1. The number of phenolic OH excluding ortho intramolecular Hbond substituents is 1. The summed E-state index contributed by atoms with van der Waals surface area (Å²) in [6.07, 6.45) is 0. The van der Waals surface area contributed by atoms with Gasteiger partial charge in [-0.05, 0) is 19.1 Å². The highest BCUT2D eigenvalue weighted by atomic mass is 16.5. The van der Waals surface area contributed by atoms with E-state index in [1.165, 1.54) is 13.2 Å². The van der Waals surface area contributed by atoms with Crippen LogP contribution in [0.3, 0.4) is 0 Å². The van der Waals surface area contributed by atoms with Crippen LogP contribution in [0.2, 0.25) is 0 Å². The number of carbonyl (C=O) groups is 1. The zero-order valence-corrected chi connectivity index (χ0v) is 9.02. The van der Waals surface area contributed by atoms with E-state index in [4.69, 9.17) is 10.5 Å². The van der Waals surface area contributed by atoms with E-state index in [-0.39, 0.29) is 5.75 Å². The van der Waals surface area contributed by atoms with Gasteiger partial charge in [-0.3, -0.25) is 0 Å². The zero-order chi connectivity index (χ0) is 12.1. The highest BCUT2D eigenvalue weighted by Gasteiger charge is 2.06. The summed E-state index contributed by atoms with van der Waals surface area (Å²) in [5, 5.41) is 13.4. The molecule has 0 saturated carbocycles. The Morgan fingerprint density at radius 3 is 2.75 bits per heavy atom. The van der Waals surface area contributed by atoms with E-state index in [1.54, 1.807) is 19.1 Å². The number of urea groups is 1. The number of nitrogens with two attached hydrogens (primary N) is 1. The highest BCUT2D eigenvalue weighted by Crippen LogP contribution is 2.23. The summed E-state index contributed by atoms with van der Waals surface area (Å²) in [6, 6.07) is 4.01.